The lowest BCUT2D eigenvalue weighted by Crippen LogP contribution is -2.32. The van der Waals surface area contributed by atoms with Gasteiger partial charge in [-0.1, -0.05) is 23.9 Å². The maximum Gasteiger partial charge on any atom is 0.276 e. The average molecular weight is 360 g/mol. The van der Waals surface area contributed by atoms with E-state index in [1.165, 1.54) is 10.6 Å². The number of allylic oxidation sites excluding steroid dienone is 2. The van der Waals surface area contributed by atoms with Crippen molar-refractivity contribution in [1.29, 1.82) is 0 Å². The molecule has 4 nitrogen and oxygen atoms in total. The molecule has 1 amide bonds. The number of anilines is 1. The molecule has 1 saturated heterocycles. The second-order valence-electron chi connectivity index (χ2n) is 5.45. The number of carbonyl (C=O) groups excluding carboxylic acids is 1. The van der Waals surface area contributed by atoms with Crippen LogP contribution in [0.5, 0.6) is 0 Å². The SMILES string of the molecule is CCN1C(=O)/C(=C\C=C2/Sc3ccccc3N2CC)N(CC)C1=S. The molecule has 2 heterocycles. The molecule has 0 bridgehead atoms. The molecular weight excluding hydrogens is 338 g/mol. The normalized spacial score (nSPS) is 20.7. The predicted octanol–water partition coefficient (Wildman–Crippen LogP) is 3.81. The summed E-state index contributed by atoms with van der Waals surface area (Å²) in [6, 6.07) is 8.37. The molecule has 3 rings (SSSR count). The fraction of sp³-hybridized carbons (Fsp3) is 0.333. The van der Waals surface area contributed by atoms with Gasteiger partial charge in [-0.25, -0.2) is 0 Å². The molecule has 2 aliphatic rings. The van der Waals surface area contributed by atoms with Crippen molar-refractivity contribution in [2.45, 2.75) is 25.7 Å². The van der Waals surface area contributed by atoms with Crippen molar-refractivity contribution >= 4 is 40.7 Å². The van der Waals surface area contributed by atoms with Crippen molar-refractivity contribution in [2.75, 3.05) is 24.5 Å². The second kappa shape index (κ2) is 6.99. The number of thiocarbonyl (C=S) groups is 1. The Bertz CT molecular complexity index is 742. The predicted molar refractivity (Wildman–Crippen MR) is 104 cm³/mol. The van der Waals surface area contributed by atoms with E-state index in [1.807, 2.05) is 30.9 Å². The summed E-state index contributed by atoms with van der Waals surface area (Å²) in [5, 5.41) is 1.74. The molecule has 0 unspecified atom stereocenters. The van der Waals surface area contributed by atoms with Gasteiger partial charge in [-0.2, -0.15) is 0 Å². The van der Waals surface area contributed by atoms with Crippen molar-refractivity contribution in [3.63, 3.8) is 0 Å². The largest absolute Gasteiger partial charge is 0.335 e. The Morgan fingerprint density at radius 2 is 1.67 bits per heavy atom. The van der Waals surface area contributed by atoms with Crippen LogP contribution in [0.2, 0.25) is 0 Å². The number of amides is 1. The molecule has 0 saturated carbocycles. The van der Waals surface area contributed by atoms with Gasteiger partial charge < -0.3 is 9.80 Å². The van der Waals surface area contributed by atoms with Crippen molar-refractivity contribution < 1.29 is 4.79 Å². The number of benzene rings is 1. The molecule has 0 radical (unpaired) electrons. The Morgan fingerprint density at radius 3 is 2.33 bits per heavy atom. The summed E-state index contributed by atoms with van der Waals surface area (Å²) < 4.78 is 0. The number of carbonyl (C=O) groups is 1. The van der Waals surface area contributed by atoms with E-state index < -0.39 is 0 Å². The molecule has 0 aliphatic carbocycles. The van der Waals surface area contributed by atoms with Crippen molar-refractivity contribution in [3.8, 4) is 0 Å². The zero-order chi connectivity index (χ0) is 17.3. The lowest BCUT2D eigenvalue weighted by Gasteiger charge is -2.18. The van der Waals surface area contributed by atoms with E-state index in [4.69, 9.17) is 12.2 Å². The smallest absolute Gasteiger partial charge is 0.276 e. The van der Waals surface area contributed by atoms with Crippen LogP contribution >= 0.6 is 24.0 Å². The van der Waals surface area contributed by atoms with Crippen LogP contribution in [0.3, 0.4) is 0 Å². The van der Waals surface area contributed by atoms with Gasteiger partial charge in [0.25, 0.3) is 5.91 Å². The number of nitrogens with zero attached hydrogens (tertiary/aromatic N) is 3. The van der Waals surface area contributed by atoms with Gasteiger partial charge in [-0.15, -0.1) is 0 Å². The number of hydrogen-bond donors (Lipinski definition) is 0. The first kappa shape index (κ1) is 17.0. The summed E-state index contributed by atoms with van der Waals surface area (Å²) in [5.41, 5.74) is 1.88. The molecule has 0 N–H and O–H groups in total. The number of hydrogen-bond acceptors (Lipinski definition) is 4. The van der Waals surface area contributed by atoms with Gasteiger partial charge in [0.15, 0.2) is 5.11 Å². The highest BCUT2D eigenvalue weighted by Gasteiger charge is 2.35. The Labute approximate surface area is 152 Å². The van der Waals surface area contributed by atoms with Crippen molar-refractivity contribution in [1.82, 2.24) is 9.80 Å². The van der Waals surface area contributed by atoms with E-state index >= 15 is 0 Å². The van der Waals surface area contributed by atoms with Gasteiger partial charge in [0, 0.05) is 24.5 Å². The second-order valence-corrected chi connectivity index (χ2v) is 6.87. The Hall–Kier alpha value is -1.79. The summed E-state index contributed by atoms with van der Waals surface area (Å²) in [5.74, 6) is -0.00948. The maximum absolute atomic E-state index is 12.6. The van der Waals surface area contributed by atoms with Crippen LogP contribution in [0.15, 0.2) is 52.0 Å². The van der Waals surface area contributed by atoms with Gasteiger partial charge in [0.2, 0.25) is 0 Å². The Morgan fingerprint density at radius 1 is 1.00 bits per heavy atom. The highest BCUT2D eigenvalue weighted by Crippen LogP contribution is 2.45. The van der Waals surface area contributed by atoms with Crippen LogP contribution in [-0.4, -0.2) is 40.5 Å². The topological polar surface area (TPSA) is 26.8 Å². The van der Waals surface area contributed by atoms with Gasteiger partial charge in [-0.05, 0) is 57.3 Å². The highest BCUT2D eigenvalue weighted by atomic mass is 32.2. The lowest BCUT2D eigenvalue weighted by atomic mass is 10.3. The molecule has 0 aromatic heterocycles. The monoisotopic (exact) mass is 359 g/mol. The van der Waals surface area contributed by atoms with E-state index in [9.17, 15) is 4.79 Å². The summed E-state index contributed by atoms with van der Waals surface area (Å²) in [7, 11) is 0. The van der Waals surface area contributed by atoms with Crippen molar-refractivity contribution in [3.05, 3.63) is 47.1 Å². The molecule has 1 aromatic carbocycles. The van der Waals surface area contributed by atoms with Crippen molar-refractivity contribution in [2.24, 2.45) is 0 Å². The van der Waals surface area contributed by atoms with Crippen LogP contribution in [0, 0.1) is 0 Å². The van der Waals surface area contributed by atoms with Crippen LogP contribution in [0.1, 0.15) is 20.8 Å². The van der Waals surface area contributed by atoms with Crippen LogP contribution in [0.25, 0.3) is 0 Å². The van der Waals surface area contributed by atoms with Crippen LogP contribution < -0.4 is 4.90 Å². The van der Waals surface area contributed by atoms with Crippen LogP contribution in [-0.2, 0) is 4.79 Å². The van der Waals surface area contributed by atoms with E-state index in [1.54, 1.807) is 16.7 Å². The summed E-state index contributed by atoms with van der Waals surface area (Å²) in [6.45, 7) is 8.28. The van der Waals surface area contributed by atoms with E-state index in [2.05, 4.69) is 36.1 Å². The average Bonchev–Trinajstić information content (AvgIpc) is 3.06. The minimum atomic E-state index is -0.00948. The quantitative estimate of drug-likeness (QED) is 0.602. The third kappa shape index (κ3) is 2.74. The number of likely N-dealkylation sites (N-methyl/N-ethyl adjacent to an activating group) is 2. The van der Waals surface area contributed by atoms with Gasteiger partial charge in [-0.3, -0.25) is 9.69 Å². The Balaban J connectivity index is 1.93. The minimum absolute atomic E-state index is 0.00948. The summed E-state index contributed by atoms with van der Waals surface area (Å²) >= 11 is 7.16. The third-order valence-corrected chi connectivity index (χ3v) is 5.76. The first-order valence-electron chi connectivity index (χ1n) is 8.22. The highest BCUT2D eigenvalue weighted by molar-refractivity contribution is 8.03. The van der Waals surface area contributed by atoms with Gasteiger partial charge >= 0.3 is 0 Å². The molecule has 0 spiro atoms. The van der Waals surface area contributed by atoms with Crippen LogP contribution in [0.4, 0.5) is 5.69 Å². The molecule has 1 fully saturated rings. The molecule has 1 aromatic rings. The van der Waals surface area contributed by atoms with Gasteiger partial charge in [0.05, 0.1) is 10.7 Å². The minimum Gasteiger partial charge on any atom is -0.335 e. The lowest BCUT2D eigenvalue weighted by molar-refractivity contribution is -0.122. The van der Waals surface area contributed by atoms with Gasteiger partial charge in [0.1, 0.15) is 5.70 Å². The zero-order valence-electron chi connectivity index (χ0n) is 14.2. The Kier molecular flexibility index (Phi) is 4.96. The molecular formula is C18H21N3OS2. The maximum atomic E-state index is 12.6. The summed E-state index contributed by atoms with van der Waals surface area (Å²) in [6.07, 6.45) is 3.94. The number of thioether (sulfide) groups is 1. The molecule has 0 atom stereocenters. The molecule has 6 heteroatoms. The fourth-order valence-electron chi connectivity index (χ4n) is 2.99. The number of para-hydroxylation sites is 1. The fourth-order valence-corrected chi connectivity index (χ4v) is 4.56. The number of fused-ring (bicyclic) bond motifs is 1. The molecule has 24 heavy (non-hydrogen) atoms. The standard InChI is InChI=1S/C18H21N3OS2/c1-4-19-13-9-7-8-10-15(13)24-16(19)12-11-14-17(22)21(6-3)18(23)20(14)5-2/h7-12H,4-6H2,1-3H3/b14-11+,16-12-. The first-order valence-corrected chi connectivity index (χ1v) is 9.44. The van der Waals surface area contributed by atoms with E-state index in [-0.39, 0.29) is 5.91 Å². The summed E-state index contributed by atoms with van der Waals surface area (Å²) in [4.78, 5) is 19.6. The molecule has 2 aliphatic heterocycles. The zero-order valence-corrected chi connectivity index (χ0v) is 15.8. The first-order chi connectivity index (χ1) is 11.6. The van der Waals surface area contributed by atoms with E-state index in [0.717, 1.165) is 11.6 Å². The van der Waals surface area contributed by atoms with E-state index in [0.29, 0.717) is 23.9 Å². The number of rotatable bonds is 4. The third-order valence-electron chi connectivity index (χ3n) is 4.19. The molecule has 126 valence electrons.